The lowest BCUT2D eigenvalue weighted by Crippen LogP contribution is -2.49. The summed E-state index contributed by atoms with van der Waals surface area (Å²) in [6.45, 7) is 2.76. The summed E-state index contributed by atoms with van der Waals surface area (Å²) < 4.78 is 15.4. The van der Waals surface area contributed by atoms with Gasteiger partial charge in [-0.05, 0) is 24.3 Å². The molecule has 144 valence electrons. The number of hydrogen-bond acceptors (Lipinski definition) is 8. The monoisotopic (exact) mass is 369 g/mol. The summed E-state index contributed by atoms with van der Waals surface area (Å²) in [4.78, 5) is 29.9. The van der Waals surface area contributed by atoms with Gasteiger partial charge in [-0.25, -0.2) is 4.79 Å². The molecule has 0 unspecified atom stereocenters. The fourth-order valence-electron chi connectivity index (χ4n) is 2.49. The van der Waals surface area contributed by atoms with E-state index in [1.807, 2.05) is 24.3 Å². The first kappa shape index (κ1) is 19.6. The Labute approximate surface area is 151 Å². The summed E-state index contributed by atoms with van der Waals surface area (Å²) >= 11 is 0. The Balaban J connectivity index is 1.61. The number of benzene rings is 1. The molecule has 0 N–H and O–H groups in total. The molecule has 1 amide bonds. The van der Waals surface area contributed by atoms with Crippen molar-refractivity contribution in [1.29, 1.82) is 0 Å². The van der Waals surface area contributed by atoms with Crippen LogP contribution in [0.3, 0.4) is 0 Å². The summed E-state index contributed by atoms with van der Waals surface area (Å²) in [5.74, 6) is 0.808. The Morgan fingerprint density at radius 2 is 1.73 bits per heavy atom. The summed E-state index contributed by atoms with van der Waals surface area (Å²) in [6, 6.07) is 7.80. The maximum Gasteiger partial charge on any atom is 0.409 e. The topological polar surface area (TPSA) is 104 Å². The molecule has 26 heavy (non-hydrogen) atoms. The molecule has 2 rings (SSSR count). The van der Waals surface area contributed by atoms with Crippen molar-refractivity contribution in [3.63, 3.8) is 0 Å². The number of nitrogens with zero attached hydrogens (tertiary/aromatic N) is 3. The smallest absolute Gasteiger partial charge is 0.409 e. The van der Waals surface area contributed by atoms with Crippen molar-refractivity contribution < 1.29 is 28.9 Å². The van der Waals surface area contributed by atoms with Crippen molar-refractivity contribution in [2.45, 2.75) is 0 Å². The zero-order chi connectivity index (χ0) is 18.8. The molecule has 0 aliphatic carbocycles. The average Bonchev–Trinajstić information content (AvgIpc) is 2.67. The van der Waals surface area contributed by atoms with E-state index in [9.17, 15) is 14.9 Å². The number of carbonyl (C=O) groups excluding carboxylic acids is 1. The van der Waals surface area contributed by atoms with Gasteiger partial charge in [0.25, 0.3) is 5.09 Å². The molecule has 1 aromatic rings. The van der Waals surface area contributed by atoms with Gasteiger partial charge in [-0.3, -0.25) is 0 Å². The summed E-state index contributed by atoms with van der Waals surface area (Å²) in [7, 11) is 1.63. The molecule has 0 radical (unpaired) electrons. The Hall–Kier alpha value is -2.75. The molecule has 1 saturated heterocycles. The number of anilines is 1. The van der Waals surface area contributed by atoms with Crippen LogP contribution in [0.1, 0.15) is 0 Å². The minimum Gasteiger partial charge on any atom is -0.497 e. The maximum absolute atomic E-state index is 12.0. The number of methoxy groups -OCH3 is 1. The summed E-state index contributed by atoms with van der Waals surface area (Å²) in [6.07, 6.45) is -0.385. The molecule has 1 aliphatic heterocycles. The van der Waals surface area contributed by atoms with Gasteiger partial charge in [0, 0.05) is 31.9 Å². The third-order valence-electron chi connectivity index (χ3n) is 3.85. The molecule has 1 fully saturated rings. The third-order valence-corrected chi connectivity index (χ3v) is 3.85. The van der Waals surface area contributed by atoms with Gasteiger partial charge >= 0.3 is 6.09 Å². The van der Waals surface area contributed by atoms with Gasteiger partial charge in [-0.1, -0.05) is 0 Å². The SMILES string of the molecule is COc1ccc(N2CCN(C(=O)OCCOCCO[N+](=O)[O-])CC2)cc1. The number of rotatable bonds is 9. The minimum absolute atomic E-state index is 0.0685. The second-order valence-electron chi connectivity index (χ2n) is 5.46. The lowest BCUT2D eigenvalue weighted by molar-refractivity contribution is -0.758. The highest BCUT2D eigenvalue weighted by atomic mass is 17.0. The minimum atomic E-state index is -0.880. The fourth-order valence-corrected chi connectivity index (χ4v) is 2.49. The van der Waals surface area contributed by atoms with Crippen LogP contribution in [0.25, 0.3) is 0 Å². The summed E-state index contributed by atoms with van der Waals surface area (Å²) in [5.41, 5.74) is 1.09. The van der Waals surface area contributed by atoms with E-state index in [2.05, 4.69) is 9.74 Å². The number of amides is 1. The molecule has 0 aromatic heterocycles. The predicted octanol–water partition coefficient (Wildman–Crippen LogP) is 1.18. The largest absolute Gasteiger partial charge is 0.497 e. The Bertz CT molecular complexity index is 574. The van der Waals surface area contributed by atoms with E-state index in [-0.39, 0.29) is 32.5 Å². The van der Waals surface area contributed by atoms with Crippen LogP contribution in [0.2, 0.25) is 0 Å². The first-order chi connectivity index (χ1) is 12.6. The van der Waals surface area contributed by atoms with Gasteiger partial charge in [-0.2, -0.15) is 0 Å². The molecule has 10 heteroatoms. The number of hydrogen-bond donors (Lipinski definition) is 0. The molecule has 0 saturated carbocycles. The van der Waals surface area contributed by atoms with Crippen molar-refractivity contribution >= 4 is 11.8 Å². The second kappa shape index (κ2) is 10.3. The van der Waals surface area contributed by atoms with Gasteiger partial charge in [0.2, 0.25) is 0 Å². The van der Waals surface area contributed by atoms with Gasteiger partial charge in [0.1, 0.15) is 19.0 Å². The van der Waals surface area contributed by atoms with Crippen molar-refractivity contribution in [2.75, 3.05) is 64.6 Å². The van der Waals surface area contributed by atoms with Crippen molar-refractivity contribution in [3.05, 3.63) is 34.4 Å². The van der Waals surface area contributed by atoms with Gasteiger partial charge in [0.15, 0.2) is 0 Å². The molecule has 1 aromatic carbocycles. The molecule has 0 atom stereocenters. The summed E-state index contributed by atoms with van der Waals surface area (Å²) in [5, 5.41) is 9.06. The van der Waals surface area contributed by atoms with Crippen LogP contribution in [0.5, 0.6) is 5.75 Å². The molecule has 1 aliphatic rings. The van der Waals surface area contributed by atoms with Crippen molar-refractivity contribution in [1.82, 2.24) is 4.90 Å². The standard InChI is InChI=1S/C16H23N3O7/c1-23-15-4-2-14(3-5-15)17-6-8-18(9-7-17)16(20)25-12-10-24-11-13-26-19(21)22/h2-5H,6-13H2,1H3. The van der Waals surface area contributed by atoms with Crippen LogP contribution >= 0.6 is 0 Å². The zero-order valence-corrected chi connectivity index (χ0v) is 14.7. The number of piperazine rings is 1. The van der Waals surface area contributed by atoms with Gasteiger partial charge in [0.05, 0.1) is 20.3 Å². The van der Waals surface area contributed by atoms with Crippen molar-refractivity contribution in [3.8, 4) is 5.75 Å². The highest BCUT2D eigenvalue weighted by Gasteiger charge is 2.22. The fraction of sp³-hybridized carbons (Fsp3) is 0.562. The van der Waals surface area contributed by atoms with Crippen LogP contribution in [0, 0.1) is 10.1 Å². The molecular weight excluding hydrogens is 346 g/mol. The van der Waals surface area contributed by atoms with E-state index >= 15 is 0 Å². The third kappa shape index (κ3) is 6.28. The first-order valence-corrected chi connectivity index (χ1v) is 8.26. The maximum atomic E-state index is 12.0. The van der Waals surface area contributed by atoms with Gasteiger partial charge < -0.3 is 28.8 Å². The molecule has 1 heterocycles. The molecule has 10 nitrogen and oxygen atoms in total. The quantitative estimate of drug-likeness (QED) is 0.363. The first-order valence-electron chi connectivity index (χ1n) is 8.26. The van der Waals surface area contributed by atoms with Crippen molar-refractivity contribution in [2.24, 2.45) is 0 Å². The van der Waals surface area contributed by atoms with E-state index in [1.165, 1.54) is 0 Å². The van der Waals surface area contributed by atoms with E-state index in [0.29, 0.717) is 13.1 Å². The van der Waals surface area contributed by atoms with Crippen LogP contribution in [-0.4, -0.2) is 75.8 Å². The lowest BCUT2D eigenvalue weighted by Gasteiger charge is -2.35. The molecular formula is C16H23N3O7. The predicted molar refractivity (Wildman–Crippen MR) is 91.9 cm³/mol. The van der Waals surface area contributed by atoms with Crippen LogP contribution < -0.4 is 9.64 Å². The Morgan fingerprint density at radius 3 is 2.35 bits per heavy atom. The second-order valence-corrected chi connectivity index (χ2v) is 5.46. The molecule has 0 bridgehead atoms. The highest BCUT2D eigenvalue weighted by molar-refractivity contribution is 5.68. The lowest BCUT2D eigenvalue weighted by atomic mass is 10.2. The van der Waals surface area contributed by atoms with E-state index in [0.717, 1.165) is 24.5 Å². The highest BCUT2D eigenvalue weighted by Crippen LogP contribution is 2.20. The normalized spacial score (nSPS) is 14.0. The van der Waals surface area contributed by atoms with Gasteiger partial charge in [-0.15, -0.1) is 10.1 Å². The Kier molecular flexibility index (Phi) is 7.75. The van der Waals surface area contributed by atoms with E-state index in [1.54, 1.807) is 12.0 Å². The number of carbonyl (C=O) groups is 1. The van der Waals surface area contributed by atoms with Crippen LogP contribution in [-0.2, 0) is 14.3 Å². The molecule has 0 spiro atoms. The Morgan fingerprint density at radius 1 is 1.08 bits per heavy atom. The average molecular weight is 369 g/mol. The number of ether oxygens (including phenoxy) is 3. The van der Waals surface area contributed by atoms with Crippen LogP contribution in [0.4, 0.5) is 10.5 Å². The zero-order valence-electron chi connectivity index (χ0n) is 14.7. The van der Waals surface area contributed by atoms with E-state index in [4.69, 9.17) is 14.2 Å². The van der Waals surface area contributed by atoms with E-state index < -0.39 is 5.09 Å². The van der Waals surface area contributed by atoms with Crippen LogP contribution in [0.15, 0.2) is 24.3 Å².